The lowest BCUT2D eigenvalue weighted by Crippen LogP contribution is -2.10. The minimum absolute atomic E-state index is 0.0298. The van der Waals surface area contributed by atoms with Crippen molar-refractivity contribution in [2.75, 3.05) is 6.61 Å². The molecule has 0 aliphatic rings. The Morgan fingerprint density at radius 2 is 2.36 bits per heavy atom. The average Bonchev–Trinajstić information content (AvgIpc) is 2.48. The summed E-state index contributed by atoms with van der Waals surface area (Å²) in [4.78, 5) is 11.2. The Kier molecular flexibility index (Phi) is 3.16. The summed E-state index contributed by atoms with van der Waals surface area (Å²) in [5, 5.41) is 3.48. The summed E-state index contributed by atoms with van der Waals surface area (Å²) in [6.45, 7) is 1.84. The van der Waals surface area contributed by atoms with Gasteiger partial charge in [-0.15, -0.1) is 0 Å². The first-order valence-corrected chi connectivity index (χ1v) is 4.05. The maximum absolute atomic E-state index is 12.2. The normalized spacial score (nSPS) is 10.6. The molecule has 1 rings (SSSR count). The molecule has 1 heterocycles. The fraction of sp³-hybridized carbons (Fsp3) is 0.500. The lowest BCUT2D eigenvalue weighted by atomic mass is 10.3. The fourth-order valence-electron chi connectivity index (χ4n) is 0.992. The number of halogens is 2. The van der Waals surface area contributed by atoms with Gasteiger partial charge >= 0.3 is 5.97 Å². The third kappa shape index (κ3) is 2.07. The zero-order chi connectivity index (χ0) is 10.7. The van der Waals surface area contributed by atoms with E-state index in [2.05, 4.69) is 9.84 Å². The van der Waals surface area contributed by atoms with Gasteiger partial charge in [-0.1, -0.05) is 0 Å². The van der Waals surface area contributed by atoms with Crippen molar-refractivity contribution >= 4 is 5.97 Å². The molecule has 1 aromatic rings. The Morgan fingerprint density at radius 1 is 1.71 bits per heavy atom. The molecule has 14 heavy (non-hydrogen) atoms. The Hall–Kier alpha value is -1.46. The van der Waals surface area contributed by atoms with Gasteiger partial charge in [0.05, 0.1) is 6.61 Å². The fourth-order valence-corrected chi connectivity index (χ4v) is 0.992. The number of aromatic nitrogens is 2. The largest absolute Gasteiger partial charge is 0.461 e. The van der Waals surface area contributed by atoms with Crippen LogP contribution >= 0.6 is 0 Å². The molecular formula is C8H10F2N2O2. The van der Waals surface area contributed by atoms with Crippen LogP contribution in [0.2, 0.25) is 0 Å². The Balaban J connectivity index is 2.92. The van der Waals surface area contributed by atoms with E-state index in [1.165, 1.54) is 7.05 Å². The number of nitrogens with zero attached hydrogens (tertiary/aromatic N) is 2. The van der Waals surface area contributed by atoms with Gasteiger partial charge in [-0.3, -0.25) is 4.68 Å². The Bertz CT molecular complexity index is 336. The molecule has 0 bridgehead atoms. The number of rotatable bonds is 3. The van der Waals surface area contributed by atoms with Crippen molar-refractivity contribution < 1.29 is 18.3 Å². The highest BCUT2D eigenvalue weighted by Crippen LogP contribution is 2.18. The number of carbonyl (C=O) groups is 1. The Morgan fingerprint density at radius 3 is 2.79 bits per heavy atom. The van der Waals surface area contributed by atoms with Crippen LogP contribution in [-0.2, 0) is 11.8 Å². The Labute approximate surface area is 79.5 Å². The molecule has 4 nitrogen and oxygen atoms in total. The number of alkyl halides is 2. The van der Waals surface area contributed by atoms with Gasteiger partial charge in [-0.25, -0.2) is 13.6 Å². The first kappa shape index (κ1) is 10.6. The molecule has 0 atom stereocenters. The monoisotopic (exact) mass is 204 g/mol. The third-order valence-electron chi connectivity index (χ3n) is 1.61. The van der Waals surface area contributed by atoms with Crippen LogP contribution in [0.15, 0.2) is 6.07 Å². The summed E-state index contributed by atoms with van der Waals surface area (Å²) in [6, 6.07) is 1.03. The van der Waals surface area contributed by atoms with Gasteiger partial charge in [-0.2, -0.15) is 5.10 Å². The van der Waals surface area contributed by atoms with Crippen LogP contribution in [0.1, 0.15) is 29.5 Å². The average molecular weight is 204 g/mol. The van der Waals surface area contributed by atoms with E-state index in [0.29, 0.717) is 0 Å². The molecule has 0 spiro atoms. The number of ether oxygens (including phenoxy) is 1. The summed E-state index contributed by atoms with van der Waals surface area (Å²) < 4.78 is 30.1. The number of hydrogen-bond donors (Lipinski definition) is 0. The van der Waals surface area contributed by atoms with Gasteiger partial charge < -0.3 is 4.74 Å². The lowest BCUT2D eigenvalue weighted by molar-refractivity contribution is 0.0513. The predicted molar refractivity (Wildman–Crippen MR) is 44.1 cm³/mol. The molecule has 0 saturated heterocycles. The van der Waals surface area contributed by atoms with Gasteiger partial charge in [-0.05, 0) is 13.0 Å². The second-order valence-corrected chi connectivity index (χ2v) is 2.60. The van der Waals surface area contributed by atoms with Crippen molar-refractivity contribution in [3.8, 4) is 0 Å². The summed E-state index contributed by atoms with van der Waals surface area (Å²) >= 11 is 0. The van der Waals surface area contributed by atoms with Crippen molar-refractivity contribution in [1.82, 2.24) is 9.78 Å². The molecule has 78 valence electrons. The quantitative estimate of drug-likeness (QED) is 0.701. The van der Waals surface area contributed by atoms with Crippen molar-refractivity contribution in [3.63, 3.8) is 0 Å². The van der Waals surface area contributed by atoms with E-state index < -0.39 is 18.1 Å². The molecule has 0 N–H and O–H groups in total. The van der Waals surface area contributed by atoms with Crippen LogP contribution in [0.5, 0.6) is 0 Å². The summed E-state index contributed by atoms with van der Waals surface area (Å²) in [5.41, 5.74) is -0.391. The summed E-state index contributed by atoms with van der Waals surface area (Å²) in [7, 11) is 1.41. The second-order valence-electron chi connectivity index (χ2n) is 2.60. The number of esters is 1. The molecule has 1 aromatic heterocycles. The lowest BCUT2D eigenvalue weighted by Gasteiger charge is -1.99. The smallest absolute Gasteiger partial charge is 0.356 e. The molecule has 0 aromatic carbocycles. The summed E-state index contributed by atoms with van der Waals surface area (Å²) in [6.07, 6.45) is -2.68. The zero-order valence-corrected chi connectivity index (χ0v) is 7.83. The molecule has 6 heteroatoms. The van der Waals surface area contributed by atoms with E-state index in [4.69, 9.17) is 0 Å². The number of aryl methyl sites for hydroxylation is 1. The standard InChI is InChI=1S/C8H10F2N2O2/c1-3-14-8(13)6-4-5(7(9)10)11-12(6)2/h4,7H,3H2,1-2H3. The topological polar surface area (TPSA) is 44.1 Å². The highest BCUT2D eigenvalue weighted by Gasteiger charge is 2.18. The van der Waals surface area contributed by atoms with E-state index in [9.17, 15) is 13.6 Å². The minimum Gasteiger partial charge on any atom is -0.461 e. The van der Waals surface area contributed by atoms with Crippen LogP contribution in [0.4, 0.5) is 8.78 Å². The first-order valence-electron chi connectivity index (χ1n) is 4.05. The SMILES string of the molecule is CCOC(=O)c1cc(C(F)F)nn1C. The minimum atomic E-state index is -2.68. The van der Waals surface area contributed by atoms with Crippen LogP contribution < -0.4 is 0 Å². The van der Waals surface area contributed by atoms with E-state index in [0.717, 1.165) is 10.7 Å². The van der Waals surface area contributed by atoms with Crippen molar-refractivity contribution in [2.45, 2.75) is 13.3 Å². The van der Waals surface area contributed by atoms with E-state index in [-0.39, 0.29) is 12.3 Å². The molecule has 0 amide bonds. The number of hydrogen-bond acceptors (Lipinski definition) is 3. The van der Waals surface area contributed by atoms with Crippen LogP contribution in [0.3, 0.4) is 0 Å². The molecule has 0 saturated carbocycles. The maximum Gasteiger partial charge on any atom is 0.356 e. The van der Waals surface area contributed by atoms with Crippen molar-refractivity contribution in [2.24, 2.45) is 7.05 Å². The molecular weight excluding hydrogens is 194 g/mol. The van der Waals surface area contributed by atoms with Gasteiger partial charge in [0.1, 0.15) is 11.4 Å². The molecule has 0 radical (unpaired) electrons. The molecule has 0 aliphatic heterocycles. The van der Waals surface area contributed by atoms with E-state index in [1.54, 1.807) is 6.92 Å². The highest BCUT2D eigenvalue weighted by molar-refractivity contribution is 5.87. The highest BCUT2D eigenvalue weighted by atomic mass is 19.3. The second kappa shape index (κ2) is 4.17. The van der Waals surface area contributed by atoms with Crippen molar-refractivity contribution in [1.29, 1.82) is 0 Å². The summed E-state index contributed by atoms with van der Waals surface area (Å²) in [5.74, 6) is -0.644. The molecule has 0 aliphatic carbocycles. The van der Waals surface area contributed by atoms with Crippen LogP contribution in [0.25, 0.3) is 0 Å². The molecule has 0 fully saturated rings. The van der Waals surface area contributed by atoms with E-state index >= 15 is 0 Å². The maximum atomic E-state index is 12.2. The first-order chi connectivity index (χ1) is 6.56. The molecule has 0 unspecified atom stereocenters. The van der Waals surface area contributed by atoms with Crippen LogP contribution in [-0.4, -0.2) is 22.4 Å². The third-order valence-corrected chi connectivity index (χ3v) is 1.61. The number of carbonyl (C=O) groups excluding carboxylic acids is 1. The predicted octanol–water partition coefficient (Wildman–Crippen LogP) is 1.53. The van der Waals surface area contributed by atoms with Crippen LogP contribution in [0, 0.1) is 0 Å². The van der Waals surface area contributed by atoms with Gasteiger partial charge in [0.15, 0.2) is 0 Å². The van der Waals surface area contributed by atoms with E-state index in [1.807, 2.05) is 0 Å². The van der Waals surface area contributed by atoms with Crippen molar-refractivity contribution in [3.05, 3.63) is 17.5 Å². The van der Waals surface area contributed by atoms with Gasteiger partial charge in [0.2, 0.25) is 0 Å². The van der Waals surface area contributed by atoms with Gasteiger partial charge in [0, 0.05) is 7.05 Å². The zero-order valence-electron chi connectivity index (χ0n) is 7.83. The van der Waals surface area contributed by atoms with Gasteiger partial charge in [0.25, 0.3) is 6.43 Å².